The zero-order valence-corrected chi connectivity index (χ0v) is 16.6. The second kappa shape index (κ2) is 8.35. The predicted molar refractivity (Wildman–Crippen MR) is 115 cm³/mol. The van der Waals surface area contributed by atoms with Gasteiger partial charge < -0.3 is 9.88 Å². The summed E-state index contributed by atoms with van der Waals surface area (Å²) in [7, 11) is 0. The van der Waals surface area contributed by atoms with E-state index < -0.39 is 0 Å². The highest BCUT2D eigenvalue weighted by atomic mass is 16.2. The van der Waals surface area contributed by atoms with Crippen molar-refractivity contribution in [2.24, 2.45) is 0 Å². The average Bonchev–Trinajstić information content (AvgIpc) is 3.15. The number of nitrogens with zero attached hydrogens (tertiary/aromatic N) is 2. The zero-order chi connectivity index (χ0) is 20.2. The van der Waals surface area contributed by atoms with Crippen molar-refractivity contribution in [2.45, 2.75) is 39.2 Å². The van der Waals surface area contributed by atoms with E-state index in [4.69, 9.17) is 0 Å². The Morgan fingerprint density at radius 1 is 0.931 bits per heavy atom. The first kappa shape index (κ1) is 19.0. The topological polar surface area (TPSA) is 54.3 Å². The number of amides is 2. The van der Waals surface area contributed by atoms with E-state index in [0.29, 0.717) is 6.42 Å². The van der Waals surface area contributed by atoms with Gasteiger partial charge in [-0.25, -0.2) is 0 Å². The maximum absolute atomic E-state index is 13.4. The Hall–Kier alpha value is -3.34. The molecule has 5 heteroatoms. The number of anilines is 3. The van der Waals surface area contributed by atoms with Gasteiger partial charge in [-0.3, -0.25) is 14.5 Å². The van der Waals surface area contributed by atoms with E-state index in [1.165, 1.54) is 0 Å². The fourth-order valence-electron chi connectivity index (χ4n) is 3.82. The summed E-state index contributed by atoms with van der Waals surface area (Å²) in [5.74, 6) is -0.0134. The Bertz CT molecular complexity index is 1020. The Balaban J connectivity index is 1.75. The number of nitrogens with one attached hydrogen (secondary N) is 1. The predicted octanol–water partition coefficient (Wildman–Crippen LogP) is 4.69. The summed E-state index contributed by atoms with van der Waals surface area (Å²) < 4.78 is 1.88. The lowest BCUT2D eigenvalue weighted by Gasteiger charge is -2.26. The monoisotopic (exact) mass is 387 g/mol. The van der Waals surface area contributed by atoms with Gasteiger partial charge in [0.05, 0.1) is 11.4 Å². The summed E-state index contributed by atoms with van der Waals surface area (Å²) in [5.41, 5.74) is 4.75. The molecule has 2 amide bonds. The maximum Gasteiger partial charge on any atom is 0.251 e. The van der Waals surface area contributed by atoms with Crippen LogP contribution in [0.1, 0.15) is 30.9 Å². The van der Waals surface area contributed by atoms with E-state index in [0.717, 1.165) is 47.5 Å². The number of benzene rings is 2. The zero-order valence-electron chi connectivity index (χ0n) is 16.6. The van der Waals surface area contributed by atoms with Gasteiger partial charge in [0.25, 0.3) is 5.91 Å². The van der Waals surface area contributed by atoms with Crippen molar-refractivity contribution in [3.05, 3.63) is 78.1 Å². The molecule has 29 heavy (non-hydrogen) atoms. The van der Waals surface area contributed by atoms with Crippen molar-refractivity contribution in [1.29, 1.82) is 0 Å². The van der Waals surface area contributed by atoms with Gasteiger partial charge in [0, 0.05) is 24.5 Å². The van der Waals surface area contributed by atoms with Gasteiger partial charge in [-0.05, 0) is 60.7 Å². The highest BCUT2D eigenvalue weighted by Crippen LogP contribution is 2.37. The molecule has 0 saturated heterocycles. The van der Waals surface area contributed by atoms with Crippen molar-refractivity contribution in [3.63, 3.8) is 0 Å². The minimum absolute atomic E-state index is 0.00571. The molecule has 0 atom stereocenters. The van der Waals surface area contributed by atoms with Crippen LogP contribution in [0.5, 0.6) is 0 Å². The Morgan fingerprint density at radius 2 is 1.66 bits per heavy atom. The summed E-state index contributed by atoms with van der Waals surface area (Å²) in [4.78, 5) is 27.3. The lowest BCUT2D eigenvalue weighted by Crippen LogP contribution is -2.30. The molecule has 4 rings (SSSR count). The van der Waals surface area contributed by atoms with Gasteiger partial charge in [-0.2, -0.15) is 0 Å². The first-order valence-electron chi connectivity index (χ1n) is 10.1. The van der Waals surface area contributed by atoms with E-state index in [2.05, 4.69) is 11.4 Å². The second-order valence-electron chi connectivity index (χ2n) is 7.35. The molecule has 148 valence electrons. The first-order chi connectivity index (χ1) is 14.2. The summed E-state index contributed by atoms with van der Waals surface area (Å²) in [6.07, 6.45) is 6.79. The fourth-order valence-corrected chi connectivity index (χ4v) is 3.82. The molecule has 1 N–H and O–H groups in total. The van der Waals surface area contributed by atoms with Crippen LogP contribution in [0.3, 0.4) is 0 Å². The largest absolute Gasteiger partial charge is 0.345 e. The quantitative estimate of drug-likeness (QED) is 0.690. The van der Waals surface area contributed by atoms with Gasteiger partial charge in [-0.1, -0.05) is 31.2 Å². The second-order valence-corrected chi connectivity index (χ2v) is 7.35. The lowest BCUT2D eigenvalue weighted by atomic mass is 10.0. The van der Waals surface area contributed by atoms with Crippen molar-refractivity contribution in [1.82, 2.24) is 4.57 Å². The van der Waals surface area contributed by atoms with Gasteiger partial charge in [-0.15, -0.1) is 0 Å². The van der Waals surface area contributed by atoms with E-state index >= 15 is 0 Å². The SMILES string of the molecule is CCCC(=O)Nc1ccc2c(c1)N(C(=O)Cn1cccc1)c1ccccc1CC2. The van der Waals surface area contributed by atoms with Crippen LogP contribution in [-0.2, 0) is 29.0 Å². The molecule has 0 spiro atoms. The van der Waals surface area contributed by atoms with Crippen LogP contribution in [-0.4, -0.2) is 16.4 Å². The van der Waals surface area contributed by atoms with E-state index in [1.807, 2.05) is 77.3 Å². The molecule has 0 bridgehead atoms. The molecule has 1 aliphatic rings. The van der Waals surface area contributed by atoms with Gasteiger partial charge in [0.1, 0.15) is 6.54 Å². The number of carbonyl (C=O) groups excluding carboxylic acids is 2. The van der Waals surface area contributed by atoms with Crippen LogP contribution in [0.4, 0.5) is 17.1 Å². The number of carbonyl (C=O) groups is 2. The minimum Gasteiger partial charge on any atom is -0.345 e. The molecule has 1 aliphatic heterocycles. The highest BCUT2D eigenvalue weighted by molar-refractivity contribution is 6.03. The van der Waals surface area contributed by atoms with Gasteiger partial charge in [0.2, 0.25) is 5.91 Å². The van der Waals surface area contributed by atoms with E-state index in [-0.39, 0.29) is 18.4 Å². The number of fused-ring (bicyclic) bond motifs is 2. The minimum atomic E-state index is -0.00769. The molecule has 0 fully saturated rings. The van der Waals surface area contributed by atoms with Crippen LogP contribution < -0.4 is 10.2 Å². The number of para-hydroxylation sites is 1. The molecule has 2 heterocycles. The number of aryl methyl sites for hydroxylation is 2. The Labute approximate surface area is 171 Å². The molecule has 0 saturated carbocycles. The summed E-state index contributed by atoms with van der Waals surface area (Å²) in [6.45, 7) is 2.24. The van der Waals surface area contributed by atoms with Crippen LogP contribution in [0.2, 0.25) is 0 Å². The van der Waals surface area contributed by atoms with E-state index in [1.54, 1.807) is 0 Å². The normalized spacial score (nSPS) is 12.7. The third-order valence-electron chi connectivity index (χ3n) is 5.22. The standard InChI is InChI=1S/C24H25N3O2/c1-2-7-23(28)25-20-13-12-19-11-10-18-8-3-4-9-21(18)27(22(19)16-20)24(29)17-26-14-5-6-15-26/h3-6,8-9,12-16H,2,7,10-11,17H2,1H3,(H,25,28). The smallest absolute Gasteiger partial charge is 0.251 e. The van der Waals surface area contributed by atoms with Crippen molar-refractivity contribution >= 4 is 28.9 Å². The van der Waals surface area contributed by atoms with Crippen molar-refractivity contribution in [2.75, 3.05) is 10.2 Å². The summed E-state index contributed by atoms with van der Waals surface area (Å²) in [5, 5.41) is 2.96. The third kappa shape index (κ3) is 4.09. The first-order valence-corrected chi connectivity index (χ1v) is 10.1. The van der Waals surface area contributed by atoms with Crippen molar-refractivity contribution in [3.8, 4) is 0 Å². The molecule has 0 aliphatic carbocycles. The van der Waals surface area contributed by atoms with Gasteiger partial charge >= 0.3 is 0 Å². The molecule has 0 unspecified atom stereocenters. The maximum atomic E-state index is 13.4. The number of rotatable bonds is 5. The van der Waals surface area contributed by atoms with Crippen LogP contribution in [0, 0.1) is 0 Å². The summed E-state index contributed by atoms with van der Waals surface area (Å²) in [6, 6.07) is 17.8. The molecular formula is C24H25N3O2. The summed E-state index contributed by atoms with van der Waals surface area (Å²) >= 11 is 0. The van der Waals surface area contributed by atoms with Gasteiger partial charge in [0.15, 0.2) is 0 Å². The average molecular weight is 387 g/mol. The van der Waals surface area contributed by atoms with Crippen LogP contribution in [0.25, 0.3) is 0 Å². The molecule has 3 aromatic rings. The Morgan fingerprint density at radius 3 is 2.41 bits per heavy atom. The van der Waals surface area contributed by atoms with Crippen LogP contribution >= 0.6 is 0 Å². The van der Waals surface area contributed by atoms with Crippen LogP contribution in [0.15, 0.2) is 67.0 Å². The molecule has 0 radical (unpaired) electrons. The lowest BCUT2D eigenvalue weighted by molar-refractivity contribution is -0.118. The van der Waals surface area contributed by atoms with E-state index in [9.17, 15) is 9.59 Å². The third-order valence-corrected chi connectivity index (χ3v) is 5.22. The number of hydrogen-bond donors (Lipinski definition) is 1. The number of aromatic nitrogens is 1. The molecule has 1 aromatic heterocycles. The van der Waals surface area contributed by atoms with Crippen molar-refractivity contribution < 1.29 is 9.59 Å². The molecule has 2 aromatic carbocycles. The fraction of sp³-hybridized carbons (Fsp3) is 0.250. The Kier molecular flexibility index (Phi) is 5.47. The molecular weight excluding hydrogens is 362 g/mol. The number of hydrogen-bond acceptors (Lipinski definition) is 2. The highest BCUT2D eigenvalue weighted by Gasteiger charge is 2.26. The molecule has 5 nitrogen and oxygen atoms in total.